The number of carbonyl (C=O) groups excluding carboxylic acids is 1. The van der Waals surface area contributed by atoms with Gasteiger partial charge in [0.2, 0.25) is 0 Å². The second-order valence-electron chi connectivity index (χ2n) is 6.89. The molecule has 2 aromatic heterocycles. The van der Waals surface area contributed by atoms with E-state index in [0.717, 1.165) is 26.9 Å². The Labute approximate surface area is 156 Å². The average Bonchev–Trinajstić information content (AvgIpc) is 3.20. The molecular formula is C19H20N2O3S2. The molecule has 0 saturated carbocycles. The van der Waals surface area contributed by atoms with Crippen molar-refractivity contribution >= 4 is 38.0 Å². The van der Waals surface area contributed by atoms with Crippen LogP contribution >= 0.6 is 11.3 Å². The average molecular weight is 389 g/mol. The zero-order valence-electron chi connectivity index (χ0n) is 14.4. The smallest absolute Gasteiger partial charge is 0.250 e. The number of primary amides is 1. The lowest BCUT2D eigenvalue weighted by atomic mass is 9.91. The van der Waals surface area contributed by atoms with E-state index in [2.05, 4.69) is 17.1 Å². The molecule has 3 aromatic rings. The highest BCUT2D eigenvalue weighted by Gasteiger charge is 2.27. The van der Waals surface area contributed by atoms with Gasteiger partial charge in [-0.2, -0.15) is 0 Å². The molecule has 1 fully saturated rings. The zero-order valence-corrected chi connectivity index (χ0v) is 16.0. The van der Waals surface area contributed by atoms with E-state index in [0.29, 0.717) is 18.4 Å². The van der Waals surface area contributed by atoms with Gasteiger partial charge in [0, 0.05) is 21.3 Å². The standard InChI is InChI=1S/C19H20N2O3S2/c1-11-2-3-17(25-11)13-8-14-16(12-4-6-26(23,24)7-5-12)10-21-18(14)15(9-13)19(20)22/h2-3,8-10,12,21H,4-7H2,1H3,(H2,20,22). The Hall–Kier alpha value is -2.12. The highest BCUT2D eigenvalue weighted by atomic mass is 32.2. The summed E-state index contributed by atoms with van der Waals surface area (Å²) in [6, 6.07) is 8.02. The van der Waals surface area contributed by atoms with E-state index in [9.17, 15) is 13.2 Å². The number of hydrogen-bond acceptors (Lipinski definition) is 4. The minimum atomic E-state index is -2.91. The summed E-state index contributed by atoms with van der Waals surface area (Å²) in [4.78, 5) is 17.5. The second kappa shape index (κ2) is 6.25. The fraction of sp³-hybridized carbons (Fsp3) is 0.316. The maximum atomic E-state index is 12.0. The highest BCUT2D eigenvalue weighted by molar-refractivity contribution is 7.91. The molecule has 1 saturated heterocycles. The molecule has 1 aliphatic rings. The van der Waals surface area contributed by atoms with Crippen molar-refractivity contribution in [3.63, 3.8) is 0 Å². The number of thiophene rings is 1. The number of aryl methyl sites for hydroxylation is 1. The quantitative estimate of drug-likeness (QED) is 0.718. The van der Waals surface area contributed by atoms with Gasteiger partial charge in [-0.1, -0.05) is 0 Å². The minimum Gasteiger partial charge on any atom is -0.366 e. The first-order valence-corrected chi connectivity index (χ1v) is 11.2. The molecule has 4 rings (SSSR count). The molecule has 0 spiro atoms. The summed E-state index contributed by atoms with van der Waals surface area (Å²) in [7, 11) is -2.91. The normalized spacial score (nSPS) is 17.6. The monoisotopic (exact) mass is 388 g/mol. The van der Waals surface area contributed by atoms with E-state index in [4.69, 9.17) is 5.73 Å². The molecule has 0 atom stereocenters. The fourth-order valence-corrected chi connectivity index (χ4v) is 6.06. The van der Waals surface area contributed by atoms with Crippen LogP contribution in [-0.4, -0.2) is 30.8 Å². The molecule has 136 valence electrons. The van der Waals surface area contributed by atoms with Gasteiger partial charge in [-0.25, -0.2) is 8.42 Å². The maximum Gasteiger partial charge on any atom is 0.250 e. The van der Waals surface area contributed by atoms with Crippen molar-refractivity contribution in [2.45, 2.75) is 25.7 Å². The van der Waals surface area contributed by atoms with Crippen LogP contribution in [-0.2, 0) is 9.84 Å². The van der Waals surface area contributed by atoms with Crippen LogP contribution in [0.3, 0.4) is 0 Å². The van der Waals surface area contributed by atoms with Crippen molar-refractivity contribution in [2.24, 2.45) is 5.73 Å². The summed E-state index contributed by atoms with van der Waals surface area (Å²) in [5, 5.41) is 0.964. The second-order valence-corrected chi connectivity index (χ2v) is 10.5. The molecule has 1 amide bonds. The van der Waals surface area contributed by atoms with E-state index in [-0.39, 0.29) is 17.4 Å². The van der Waals surface area contributed by atoms with Crippen molar-refractivity contribution in [2.75, 3.05) is 11.5 Å². The zero-order chi connectivity index (χ0) is 18.5. The highest BCUT2D eigenvalue weighted by Crippen LogP contribution is 2.38. The number of benzene rings is 1. The van der Waals surface area contributed by atoms with Crippen LogP contribution in [0.4, 0.5) is 0 Å². The first kappa shape index (κ1) is 17.3. The summed E-state index contributed by atoms with van der Waals surface area (Å²) >= 11 is 1.67. The summed E-state index contributed by atoms with van der Waals surface area (Å²) in [5.74, 6) is 0.145. The lowest BCUT2D eigenvalue weighted by Crippen LogP contribution is -2.22. The van der Waals surface area contributed by atoms with Crippen molar-refractivity contribution in [3.05, 3.63) is 46.5 Å². The van der Waals surface area contributed by atoms with Gasteiger partial charge in [0.25, 0.3) is 5.91 Å². The number of H-pyrrole nitrogens is 1. The maximum absolute atomic E-state index is 12.0. The van der Waals surface area contributed by atoms with Crippen LogP contribution in [0, 0.1) is 6.92 Å². The molecule has 0 radical (unpaired) electrons. The predicted molar refractivity (Wildman–Crippen MR) is 105 cm³/mol. The molecule has 1 aliphatic heterocycles. The topological polar surface area (TPSA) is 93.0 Å². The fourth-order valence-electron chi connectivity index (χ4n) is 3.72. The van der Waals surface area contributed by atoms with E-state index in [1.807, 2.05) is 25.3 Å². The van der Waals surface area contributed by atoms with Gasteiger partial charge in [-0.3, -0.25) is 4.79 Å². The Morgan fingerprint density at radius 2 is 1.96 bits per heavy atom. The Kier molecular flexibility index (Phi) is 4.16. The van der Waals surface area contributed by atoms with Gasteiger partial charge < -0.3 is 10.7 Å². The van der Waals surface area contributed by atoms with Crippen molar-refractivity contribution in [3.8, 4) is 10.4 Å². The van der Waals surface area contributed by atoms with Crippen LogP contribution in [0.2, 0.25) is 0 Å². The van der Waals surface area contributed by atoms with E-state index in [1.54, 1.807) is 11.3 Å². The van der Waals surface area contributed by atoms with Crippen LogP contribution < -0.4 is 5.73 Å². The Morgan fingerprint density at radius 3 is 2.58 bits per heavy atom. The Bertz CT molecular complexity index is 1100. The molecule has 0 aliphatic carbocycles. The number of rotatable bonds is 3. The van der Waals surface area contributed by atoms with Crippen molar-refractivity contribution < 1.29 is 13.2 Å². The molecule has 26 heavy (non-hydrogen) atoms. The van der Waals surface area contributed by atoms with Gasteiger partial charge in [0.05, 0.1) is 22.6 Å². The molecule has 3 N–H and O–H groups in total. The van der Waals surface area contributed by atoms with E-state index < -0.39 is 15.7 Å². The number of amides is 1. The van der Waals surface area contributed by atoms with Crippen molar-refractivity contribution in [1.82, 2.24) is 4.98 Å². The van der Waals surface area contributed by atoms with Crippen LogP contribution in [0.15, 0.2) is 30.5 Å². The molecule has 5 nitrogen and oxygen atoms in total. The molecule has 1 aromatic carbocycles. The largest absolute Gasteiger partial charge is 0.366 e. The third-order valence-corrected chi connectivity index (χ3v) is 7.87. The molecule has 0 bridgehead atoms. The number of nitrogens with one attached hydrogen (secondary N) is 1. The van der Waals surface area contributed by atoms with Crippen LogP contribution in [0.25, 0.3) is 21.3 Å². The van der Waals surface area contributed by atoms with E-state index >= 15 is 0 Å². The number of nitrogens with two attached hydrogens (primary N) is 1. The Morgan fingerprint density at radius 1 is 1.23 bits per heavy atom. The molecule has 7 heteroatoms. The van der Waals surface area contributed by atoms with E-state index in [1.165, 1.54) is 4.88 Å². The summed E-state index contributed by atoms with van der Waals surface area (Å²) < 4.78 is 23.5. The van der Waals surface area contributed by atoms with Gasteiger partial charge in [0.15, 0.2) is 0 Å². The van der Waals surface area contributed by atoms with Crippen LogP contribution in [0.5, 0.6) is 0 Å². The van der Waals surface area contributed by atoms with Gasteiger partial charge >= 0.3 is 0 Å². The predicted octanol–water partition coefficient (Wildman–Crippen LogP) is 3.60. The lowest BCUT2D eigenvalue weighted by Gasteiger charge is -2.21. The number of fused-ring (bicyclic) bond motifs is 1. The third kappa shape index (κ3) is 3.05. The molecule has 3 heterocycles. The van der Waals surface area contributed by atoms with Crippen molar-refractivity contribution in [1.29, 1.82) is 0 Å². The van der Waals surface area contributed by atoms with Gasteiger partial charge in [0.1, 0.15) is 9.84 Å². The first-order chi connectivity index (χ1) is 12.3. The van der Waals surface area contributed by atoms with Gasteiger partial charge in [-0.05, 0) is 61.1 Å². The molecular weight excluding hydrogens is 368 g/mol. The number of aromatic amines is 1. The first-order valence-electron chi connectivity index (χ1n) is 8.56. The number of carbonyl (C=O) groups is 1. The summed E-state index contributed by atoms with van der Waals surface area (Å²) in [6.45, 7) is 2.05. The third-order valence-electron chi connectivity index (χ3n) is 5.11. The summed E-state index contributed by atoms with van der Waals surface area (Å²) in [5.41, 5.74) is 8.87. The minimum absolute atomic E-state index is 0.174. The van der Waals surface area contributed by atoms with Crippen LogP contribution in [0.1, 0.15) is 39.6 Å². The molecule has 0 unspecified atom stereocenters. The lowest BCUT2D eigenvalue weighted by molar-refractivity contribution is 0.100. The Balaban J connectivity index is 1.85. The number of hydrogen-bond donors (Lipinski definition) is 2. The number of aromatic nitrogens is 1. The van der Waals surface area contributed by atoms with Gasteiger partial charge in [-0.15, -0.1) is 11.3 Å². The summed E-state index contributed by atoms with van der Waals surface area (Å²) in [6.07, 6.45) is 3.14. The number of sulfone groups is 1. The SMILES string of the molecule is Cc1ccc(-c2cc(C(N)=O)c3[nH]cc(C4CCS(=O)(=O)CC4)c3c2)s1.